The lowest BCUT2D eigenvalue weighted by molar-refractivity contribution is -0.117. The predicted molar refractivity (Wildman–Crippen MR) is 113 cm³/mol. The zero-order chi connectivity index (χ0) is 19.7. The third kappa shape index (κ3) is 3.72. The number of anilines is 1. The number of thiazole rings is 1. The highest BCUT2D eigenvalue weighted by Crippen LogP contribution is 2.31. The third-order valence-electron chi connectivity index (χ3n) is 4.23. The minimum absolute atomic E-state index is 0.264. The molecule has 0 unspecified atom stereocenters. The number of halogens is 1. The first-order valence-electron chi connectivity index (χ1n) is 8.59. The third-order valence-corrected chi connectivity index (χ3v) is 5.30. The SMILES string of the molecule is CC1=NN(c2nc(-c3ccc(C)cc3)cs2)C(=O)[C@@H]1N=Nc1ccc(Cl)cc1. The molecule has 4 rings (SSSR count). The minimum Gasteiger partial charge on any atom is -0.269 e. The summed E-state index contributed by atoms with van der Waals surface area (Å²) >= 11 is 7.24. The van der Waals surface area contributed by atoms with Crippen LogP contribution in [0.15, 0.2) is 69.2 Å². The Labute approximate surface area is 171 Å². The lowest BCUT2D eigenvalue weighted by atomic mass is 10.1. The van der Waals surface area contributed by atoms with Crippen molar-refractivity contribution in [2.45, 2.75) is 19.9 Å². The Morgan fingerprint density at radius 3 is 2.50 bits per heavy atom. The second-order valence-electron chi connectivity index (χ2n) is 6.37. The summed E-state index contributed by atoms with van der Waals surface area (Å²) in [6, 6.07) is 14.3. The van der Waals surface area contributed by atoms with Crippen LogP contribution in [0.5, 0.6) is 0 Å². The maximum Gasteiger partial charge on any atom is 0.282 e. The Morgan fingerprint density at radius 1 is 1.07 bits per heavy atom. The molecule has 1 aliphatic heterocycles. The molecule has 1 amide bonds. The zero-order valence-corrected chi connectivity index (χ0v) is 16.8. The Bertz CT molecular complexity index is 1070. The molecule has 6 nitrogen and oxygen atoms in total. The van der Waals surface area contributed by atoms with Gasteiger partial charge in [0.2, 0.25) is 5.13 Å². The van der Waals surface area contributed by atoms with E-state index in [4.69, 9.17) is 11.6 Å². The highest BCUT2D eigenvalue weighted by molar-refractivity contribution is 7.14. The smallest absolute Gasteiger partial charge is 0.269 e. The first-order chi connectivity index (χ1) is 13.5. The zero-order valence-electron chi connectivity index (χ0n) is 15.2. The van der Waals surface area contributed by atoms with Crippen LogP contribution in [0.3, 0.4) is 0 Å². The number of carbonyl (C=O) groups excluding carboxylic acids is 1. The standard InChI is InChI=1S/C20H16ClN5OS/c1-12-3-5-14(6-4-12)17-11-28-20(22-17)26-19(27)18(13(2)25-26)24-23-16-9-7-15(21)8-10-16/h3-11,18H,1-2H3/t18-/m1/s1. The number of aromatic nitrogens is 1. The minimum atomic E-state index is -0.748. The fourth-order valence-corrected chi connectivity index (χ4v) is 3.59. The second kappa shape index (κ2) is 7.61. The van der Waals surface area contributed by atoms with Crippen molar-refractivity contribution in [3.63, 3.8) is 0 Å². The number of hydrogen-bond donors (Lipinski definition) is 0. The van der Waals surface area contributed by atoms with Crippen molar-refractivity contribution in [1.29, 1.82) is 0 Å². The molecule has 0 N–H and O–H groups in total. The lowest BCUT2D eigenvalue weighted by Crippen LogP contribution is -2.29. The van der Waals surface area contributed by atoms with Gasteiger partial charge in [-0.05, 0) is 38.1 Å². The largest absolute Gasteiger partial charge is 0.282 e. The number of nitrogens with zero attached hydrogens (tertiary/aromatic N) is 5. The Hall–Kier alpha value is -2.90. The first kappa shape index (κ1) is 18.5. The quantitative estimate of drug-likeness (QED) is 0.522. The van der Waals surface area contributed by atoms with Crippen LogP contribution < -0.4 is 5.01 Å². The average Bonchev–Trinajstić information content (AvgIpc) is 3.27. The van der Waals surface area contributed by atoms with Gasteiger partial charge >= 0.3 is 0 Å². The number of hydrogen-bond acceptors (Lipinski definition) is 6. The summed E-state index contributed by atoms with van der Waals surface area (Å²) in [7, 11) is 0. The number of aryl methyl sites for hydroxylation is 1. The molecule has 1 aromatic heterocycles. The highest BCUT2D eigenvalue weighted by atomic mass is 35.5. The maximum atomic E-state index is 12.8. The van der Waals surface area contributed by atoms with Gasteiger partial charge in [0.25, 0.3) is 5.91 Å². The number of benzene rings is 2. The molecule has 8 heteroatoms. The van der Waals surface area contributed by atoms with Crippen molar-refractivity contribution in [1.82, 2.24) is 4.98 Å². The predicted octanol–water partition coefficient (Wildman–Crippen LogP) is 5.65. The molecule has 2 aromatic carbocycles. The Balaban J connectivity index is 1.53. The number of amides is 1. The van der Waals surface area contributed by atoms with Crippen LogP contribution in [0.25, 0.3) is 11.3 Å². The van der Waals surface area contributed by atoms with Gasteiger partial charge in [-0.25, -0.2) is 4.98 Å². The summed E-state index contributed by atoms with van der Waals surface area (Å²) in [5.74, 6) is -0.264. The van der Waals surface area contributed by atoms with Gasteiger partial charge in [0.15, 0.2) is 6.04 Å². The molecule has 0 saturated carbocycles. The van der Waals surface area contributed by atoms with Crippen LogP contribution >= 0.6 is 22.9 Å². The molecule has 2 heterocycles. The van der Waals surface area contributed by atoms with E-state index in [1.807, 2.05) is 36.6 Å². The molecule has 3 aromatic rings. The summed E-state index contributed by atoms with van der Waals surface area (Å²) in [6.07, 6.45) is 0. The molecule has 0 saturated heterocycles. The summed E-state index contributed by atoms with van der Waals surface area (Å²) in [5.41, 5.74) is 4.20. The summed E-state index contributed by atoms with van der Waals surface area (Å²) in [6.45, 7) is 3.80. The maximum absolute atomic E-state index is 12.8. The molecular weight excluding hydrogens is 394 g/mol. The monoisotopic (exact) mass is 409 g/mol. The van der Waals surface area contributed by atoms with Gasteiger partial charge in [0, 0.05) is 16.0 Å². The van der Waals surface area contributed by atoms with E-state index >= 15 is 0 Å². The molecule has 0 radical (unpaired) electrons. The Morgan fingerprint density at radius 2 is 1.79 bits per heavy atom. The van der Waals surface area contributed by atoms with Gasteiger partial charge in [-0.2, -0.15) is 20.3 Å². The van der Waals surface area contributed by atoms with E-state index in [9.17, 15) is 4.79 Å². The normalized spacial score (nSPS) is 16.8. The van der Waals surface area contributed by atoms with Crippen LogP contribution in [0.1, 0.15) is 12.5 Å². The van der Waals surface area contributed by atoms with Crippen LogP contribution in [0.2, 0.25) is 5.02 Å². The van der Waals surface area contributed by atoms with E-state index in [2.05, 4.69) is 20.3 Å². The van der Waals surface area contributed by atoms with Gasteiger partial charge in [-0.15, -0.1) is 11.3 Å². The van der Waals surface area contributed by atoms with Crippen molar-refractivity contribution < 1.29 is 4.79 Å². The number of azo groups is 1. The number of carbonyl (C=O) groups is 1. The Kier molecular flexibility index (Phi) is 5.02. The van der Waals surface area contributed by atoms with Crippen molar-refractivity contribution >= 4 is 45.4 Å². The summed E-state index contributed by atoms with van der Waals surface area (Å²) < 4.78 is 0. The van der Waals surface area contributed by atoms with Crippen molar-refractivity contribution in [2.75, 3.05) is 5.01 Å². The van der Waals surface area contributed by atoms with Gasteiger partial charge in [0.05, 0.1) is 17.1 Å². The van der Waals surface area contributed by atoms with E-state index in [1.165, 1.54) is 21.9 Å². The van der Waals surface area contributed by atoms with Crippen molar-refractivity contribution in [3.05, 3.63) is 64.5 Å². The van der Waals surface area contributed by atoms with Gasteiger partial charge in [0.1, 0.15) is 0 Å². The van der Waals surface area contributed by atoms with E-state index < -0.39 is 6.04 Å². The van der Waals surface area contributed by atoms with E-state index in [0.29, 0.717) is 21.6 Å². The molecule has 0 fully saturated rings. The fourth-order valence-electron chi connectivity index (χ4n) is 2.68. The molecule has 1 atom stereocenters. The number of rotatable bonds is 4. The summed E-state index contributed by atoms with van der Waals surface area (Å²) in [5, 5.41) is 17.0. The van der Waals surface area contributed by atoms with Crippen molar-refractivity contribution in [3.8, 4) is 11.3 Å². The molecule has 1 aliphatic rings. The van der Waals surface area contributed by atoms with Gasteiger partial charge in [-0.3, -0.25) is 4.79 Å². The molecule has 28 heavy (non-hydrogen) atoms. The van der Waals surface area contributed by atoms with Crippen LogP contribution in [-0.4, -0.2) is 22.6 Å². The molecule has 140 valence electrons. The lowest BCUT2D eigenvalue weighted by Gasteiger charge is -2.08. The van der Waals surface area contributed by atoms with Crippen LogP contribution in [0.4, 0.5) is 10.8 Å². The first-order valence-corrected chi connectivity index (χ1v) is 9.85. The number of hydrazone groups is 1. The molecular formula is C20H16ClN5OS. The van der Waals surface area contributed by atoms with Crippen molar-refractivity contribution in [2.24, 2.45) is 15.3 Å². The molecule has 0 aliphatic carbocycles. The fraction of sp³-hybridized carbons (Fsp3) is 0.150. The van der Waals surface area contributed by atoms with Gasteiger partial charge in [-0.1, -0.05) is 41.4 Å². The van der Waals surface area contributed by atoms with E-state index in [1.54, 1.807) is 31.2 Å². The summed E-state index contributed by atoms with van der Waals surface area (Å²) in [4.78, 5) is 17.4. The van der Waals surface area contributed by atoms with E-state index in [0.717, 1.165) is 11.3 Å². The highest BCUT2D eigenvalue weighted by Gasteiger charge is 2.36. The van der Waals surface area contributed by atoms with Crippen LogP contribution in [-0.2, 0) is 4.79 Å². The van der Waals surface area contributed by atoms with E-state index in [-0.39, 0.29) is 5.91 Å². The second-order valence-corrected chi connectivity index (χ2v) is 7.64. The van der Waals surface area contributed by atoms with Gasteiger partial charge < -0.3 is 0 Å². The topological polar surface area (TPSA) is 70.3 Å². The molecule has 0 bridgehead atoms. The molecule has 0 spiro atoms. The van der Waals surface area contributed by atoms with Crippen LogP contribution in [0, 0.1) is 6.92 Å². The average molecular weight is 410 g/mol.